The first-order valence-corrected chi connectivity index (χ1v) is 9.56. The summed E-state index contributed by atoms with van der Waals surface area (Å²) >= 11 is 0. The summed E-state index contributed by atoms with van der Waals surface area (Å²) in [4.78, 5) is 35.9. The molecule has 0 bridgehead atoms. The third-order valence-electron chi connectivity index (χ3n) is 5.15. The van der Waals surface area contributed by atoms with Gasteiger partial charge in [-0.2, -0.15) is 0 Å². The number of carbonyl (C=O) groups is 2. The maximum atomic E-state index is 12.6. The van der Waals surface area contributed by atoms with Crippen molar-refractivity contribution in [2.24, 2.45) is 0 Å². The number of nitro groups is 1. The minimum atomic E-state index is -0.512. The van der Waals surface area contributed by atoms with E-state index in [1.165, 1.54) is 12.1 Å². The molecule has 0 radical (unpaired) electrons. The molecule has 2 N–H and O–H groups in total. The zero-order valence-electron chi connectivity index (χ0n) is 16.0. The van der Waals surface area contributed by atoms with Crippen molar-refractivity contribution in [2.75, 3.05) is 17.2 Å². The van der Waals surface area contributed by atoms with E-state index in [2.05, 4.69) is 10.6 Å². The molecule has 1 aliphatic heterocycles. The Labute approximate surface area is 172 Å². The lowest BCUT2D eigenvalue weighted by Crippen LogP contribution is -2.16. The number of amides is 1. The third kappa shape index (κ3) is 3.77. The first kappa shape index (κ1) is 19.3. The van der Waals surface area contributed by atoms with Crippen LogP contribution in [0.1, 0.15) is 33.8 Å². The van der Waals surface area contributed by atoms with Gasteiger partial charge in [0.1, 0.15) is 5.69 Å². The smallest absolute Gasteiger partial charge is 0.293 e. The van der Waals surface area contributed by atoms with Crippen molar-refractivity contribution in [1.82, 2.24) is 0 Å². The lowest BCUT2D eigenvalue weighted by atomic mass is 9.97. The summed E-state index contributed by atoms with van der Waals surface area (Å²) in [7, 11) is 0. The molecule has 0 aromatic heterocycles. The predicted octanol–water partition coefficient (Wildman–Crippen LogP) is 4.36. The standard InChI is InChI=1S/C23H19N3O4/c27-22(15-6-2-1-3-7-15)16-10-11-20(21(14-16)26(29)30)24-13-12-18-17-8-4-5-9-19(17)25-23(18)28/h1-11,14,18,24H,12-13H2,(H,25,28)/t18-/m0/s1. The molecule has 0 aliphatic carbocycles. The quantitative estimate of drug-likeness (QED) is 0.348. The lowest BCUT2D eigenvalue weighted by molar-refractivity contribution is -0.384. The van der Waals surface area contributed by atoms with Gasteiger partial charge in [0.05, 0.1) is 10.8 Å². The monoisotopic (exact) mass is 401 g/mol. The molecular formula is C23H19N3O4. The van der Waals surface area contributed by atoms with Crippen LogP contribution >= 0.6 is 0 Å². The van der Waals surface area contributed by atoms with Gasteiger partial charge in [0.15, 0.2) is 5.78 Å². The van der Waals surface area contributed by atoms with Crippen LogP contribution in [0.3, 0.4) is 0 Å². The van der Waals surface area contributed by atoms with Crippen LogP contribution in [0.2, 0.25) is 0 Å². The summed E-state index contributed by atoms with van der Waals surface area (Å²) in [6, 6.07) is 20.5. The highest BCUT2D eigenvalue weighted by molar-refractivity contribution is 6.09. The summed E-state index contributed by atoms with van der Waals surface area (Å²) in [5.74, 6) is -0.646. The molecule has 7 nitrogen and oxygen atoms in total. The third-order valence-corrected chi connectivity index (χ3v) is 5.15. The summed E-state index contributed by atoms with van der Waals surface area (Å²) in [5, 5.41) is 17.5. The number of nitrogens with zero attached hydrogens (tertiary/aromatic N) is 1. The van der Waals surface area contributed by atoms with Gasteiger partial charge in [0.25, 0.3) is 5.69 Å². The van der Waals surface area contributed by atoms with Gasteiger partial charge >= 0.3 is 0 Å². The number of hydrogen-bond acceptors (Lipinski definition) is 5. The number of ketones is 1. The molecule has 3 aromatic carbocycles. The largest absolute Gasteiger partial charge is 0.379 e. The molecule has 3 aromatic rings. The fourth-order valence-electron chi connectivity index (χ4n) is 3.64. The number of carbonyl (C=O) groups excluding carboxylic acids is 2. The van der Waals surface area contributed by atoms with E-state index in [0.717, 1.165) is 11.3 Å². The molecule has 0 saturated carbocycles. The average Bonchev–Trinajstić information content (AvgIpc) is 3.09. The fraction of sp³-hybridized carbons (Fsp3) is 0.130. The first-order valence-electron chi connectivity index (χ1n) is 9.56. The van der Waals surface area contributed by atoms with Crippen molar-refractivity contribution in [3.05, 3.63) is 99.6 Å². The molecule has 1 atom stereocenters. The second-order valence-electron chi connectivity index (χ2n) is 7.03. The molecule has 0 fully saturated rings. The minimum absolute atomic E-state index is 0.0729. The molecule has 0 spiro atoms. The van der Waals surface area contributed by atoms with E-state index in [9.17, 15) is 19.7 Å². The average molecular weight is 401 g/mol. The van der Waals surface area contributed by atoms with Gasteiger partial charge in [0.2, 0.25) is 5.91 Å². The van der Waals surface area contributed by atoms with E-state index in [-0.39, 0.29) is 28.9 Å². The number of nitro benzene ring substituents is 1. The SMILES string of the molecule is O=C(c1ccccc1)c1ccc(NCC[C@@H]2C(=O)Nc3ccccc32)c([N+](=O)[O-])c1. The minimum Gasteiger partial charge on any atom is -0.379 e. The molecule has 7 heteroatoms. The van der Waals surface area contributed by atoms with Gasteiger partial charge in [0, 0.05) is 29.4 Å². The Morgan fingerprint density at radius 1 is 1.00 bits per heavy atom. The number of benzene rings is 3. The van der Waals surface area contributed by atoms with Gasteiger partial charge < -0.3 is 10.6 Å². The van der Waals surface area contributed by atoms with Crippen LogP contribution in [0.4, 0.5) is 17.1 Å². The molecule has 0 saturated heterocycles. The second kappa shape index (κ2) is 8.16. The summed E-state index contributed by atoms with van der Waals surface area (Å²) in [6.07, 6.45) is 0.491. The van der Waals surface area contributed by atoms with E-state index in [1.807, 2.05) is 24.3 Å². The lowest BCUT2D eigenvalue weighted by Gasteiger charge is -2.12. The first-order chi connectivity index (χ1) is 14.5. The Morgan fingerprint density at radius 3 is 2.50 bits per heavy atom. The summed E-state index contributed by atoms with van der Waals surface area (Å²) < 4.78 is 0. The number of nitrogens with one attached hydrogen (secondary N) is 2. The van der Waals surface area contributed by atoms with Crippen molar-refractivity contribution in [1.29, 1.82) is 0 Å². The van der Waals surface area contributed by atoms with Crippen molar-refractivity contribution < 1.29 is 14.5 Å². The number of rotatable bonds is 7. The Bertz CT molecular complexity index is 1130. The normalized spacial score (nSPS) is 14.7. The van der Waals surface area contributed by atoms with Crippen LogP contribution in [0.25, 0.3) is 0 Å². The predicted molar refractivity (Wildman–Crippen MR) is 114 cm³/mol. The molecular weight excluding hydrogens is 382 g/mol. The van der Waals surface area contributed by atoms with Gasteiger partial charge in [-0.25, -0.2) is 0 Å². The van der Waals surface area contributed by atoms with Gasteiger partial charge in [-0.3, -0.25) is 19.7 Å². The topological polar surface area (TPSA) is 101 Å². The van der Waals surface area contributed by atoms with Crippen LogP contribution in [0, 0.1) is 10.1 Å². The van der Waals surface area contributed by atoms with Crippen molar-refractivity contribution >= 4 is 28.8 Å². The van der Waals surface area contributed by atoms with Crippen molar-refractivity contribution in [3.63, 3.8) is 0 Å². The summed E-state index contributed by atoms with van der Waals surface area (Å²) in [6.45, 7) is 0.374. The van der Waals surface area contributed by atoms with Gasteiger partial charge in [-0.1, -0.05) is 48.5 Å². The Morgan fingerprint density at radius 2 is 1.73 bits per heavy atom. The van der Waals surface area contributed by atoms with E-state index >= 15 is 0 Å². The van der Waals surface area contributed by atoms with E-state index in [4.69, 9.17) is 0 Å². The van der Waals surface area contributed by atoms with Crippen LogP contribution in [-0.4, -0.2) is 23.2 Å². The van der Waals surface area contributed by atoms with Gasteiger partial charge in [-0.05, 0) is 30.2 Å². The number of hydrogen-bond donors (Lipinski definition) is 2. The molecule has 0 unspecified atom stereocenters. The second-order valence-corrected chi connectivity index (χ2v) is 7.03. The van der Waals surface area contributed by atoms with Crippen LogP contribution in [0.15, 0.2) is 72.8 Å². The zero-order chi connectivity index (χ0) is 21.1. The molecule has 150 valence electrons. The van der Waals surface area contributed by atoms with Crippen LogP contribution < -0.4 is 10.6 Å². The van der Waals surface area contributed by atoms with Crippen LogP contribution in [-0.2, 0) is 4.79 Å². The molecule has 1 amide bonds. The van der Waals surface area contributed by atoms with E-state index in [0.29, 0.717) is 24.2 Å². The highest BCUT2D eigenvalue weighted by Crippen LogP contribution is 2.34. The molecule has 1 aliphatic rings. The summed E-state index contributed by atoms with van der Waals surface area (Å²) in [5.41, 5.74) is 2.61. The molecule has 1 heterocycles. The number of anilines is 2. The maximum Gasteiger partial charge on any atom is 0.293 e. The Hall–Kier alpha value is -4.00. The van der Waals surface area contributed by atoms with E-state index in [1.54, 1.807) is 36.4 Å². The number of fused-ring (bicyclic) bond motifs is 1. The Balaban J connectivity index is 1.49. The highest BCUT2D eigenvalue weighted by atomic mass is 16.6. The van der Waals surface area contributed by atoms with Crippen LogP contribution in [0.5, 0.6) is 0 Å². The Kier molecular flexibility index (Phi) is 5.26. The fourth-order valence-corrected chi connectivity index (χ4v) is 3.64. The van der Waals surface area contributed by atoms with Gasteiger partial charge in [-0.15, -0.1) is 0 Å². The highest BCUT2D eigenvalue weighted by Gasteiger charge is 2.29. The molecule has 4 rings (SSSR count). The van der Waals surface area contributed by atoms with Crippen molar-refractivity contribution in [3.8, 4) is 0 Å². The maximum absolute atomic E-state index is 12.6. The number of para-hydroxylation sites is 1. The van der Waals surface area contributed by atoms with Crippen molar-refractivity contribution in [2.45, 2.75) is 12.3 Å². The zero-order valence-corrected chi connectivity index (χ0v) is 16.0. The molecule has 30 heavy (non-hydrogen) atoms. The van der Waals surface area contributed by atoms with E-state index < -0.39 is 4.92 Å².